The standard InChI is InChI=1S/C11H16N2OS/c1-2-13-6-3-4-10(13)11-12-8-9(15-11)5-7-14/h7-8,10H,2-6H2,1H3. The predicted octanol–water partition coefficient (Wildman–Crippen LogP) is 2.04. The summed E-state index contributed by atoms with van der Waals surface area (Å²) in [4.78, 5) is 18.4. The normalized spacial score (nSPS) is 22.1. The molecule has 3 nitrogen and oxygen atoms in total. The van der Waals surface area contributed by atoms with Gasteiger partial charge in [0, 0.05) is 17.5 Å². The van der Waals surface area contributed by atoms with Crippen LogP contribution < -0.4 is 0 Å². The predicted molar refractivity (Wildman–Crippen MR) is 61.1 cm³/mol. The maximum atomic E-state index is 10.4. The largest absolute Gasteiger partial charge is 0.303 e. The first-order valence-corrected chi connectivity index (χ1v) is 6.29. The minimum absolute atomic E-state index is 0.500. The van der Waals surface area contributed by atoms with E-state index in [0.717, 1.165) is 17.7 Å². The summed E-state index contributed by atoms with van der Waals surface area (Å²) in [5.74, 6) is 0. The summed E-state index contributed by atoms with van der Waals surface area (Å²) < 4.78 is 0. The van der Waals surface area contributed by atoms with Crippen LogP contribution >= 0.6 is 11.3 Å². The van der Waals surface area contributed by atoms with Gasteiger partial charge in [-0.2, -0.15) is 0 Å². The van der Waals surface area contributed by atoms with Gasteiger partial charge in [-0.15, -0.1) is 11.3 Å². The lowest BCUT2D eigenvalue weighted by atomic mass is 10.2. The Morgan fingerprint density at radius 1 is 1.73 bits per heavy atom. The molecule has 1 aliphatic heterocycles. The van der Waals surface area contributed by atoms with Crippen LogP contribution in [0.15, 0.2) is 6.20 Å². The molecular formula is C11H16N2OS. The molecule has 0 amide bonds. The molecule has 1 aromatic heterocycles. The monoisotopic (exact) mass is 224 g/mol. The summed E-state index contributed by atoms with van der Waals surface area (Å²) in [6, 6.07) is 0.500. The summed E-state index contributed by atoms with van der Waals surface area (Å²) in [5, 5.41) is 1.19. The molecule has 0 saturated carbocycles. The van der Waals surface area contributed by atoms with E-state index in [9.17, 15) is 4.79 Å². The van der Waals surface area contributed by atoms with Crippen LogP contribution in [0.5, 0.6) is 0 Å². The van der Waals surface area contributed by atoms with E-state index in [0.29, 0.717) is 12.5 Å². The number of hydrogen-bond donors (Lipinski definition) is 0. The topological polar surface area (TPSA) is 33.2 Å². The SMILES string of the molecule is CCN1CCCC1c1ncc(CC=O)s1. The first-order valence-electron chi connectivity index (χ1n) is 5.47. The van der Waals surface area contributed by atoms with E-state index in [4.69, 9.17) is 0 Å². The van der Waals surface area contributed by atoms with E-state index >= 15 is 0 Å². The Morgan fingerprint density at radius 2 is 2.60 bits per heavy atom. The Balaban J connectivity index is 2.10. The highest BCUT2D eigenvalue weighted by molar-refractivity contribution is 7.11. The fraction of sp³-hybridized carbons (Fsp3) is 0.636. The lowest BCUT2D eigenvalue weighted by Gasteiger charge is -2.20. The number of aldehydes is 1. The van der Waals surface area contributed by atoms with Crippen LogP contribution in [0.3, 0.4) is 0 Å². The summed E-state index contributed by atoms with van der Waals surface area (Å²) in [6.07, 6.45) is 5.78. The molecule has 4 heteroatoms. The van der Waals surface area contributed by atoms with Crippen LogP contribution in [0.25, 0.3) is 0 Å². The highest BCUT2D eigenvalue weighted by Crippen LogP contribution is 2.33. The van der Waals surface area contributed by atoms with Crippen molar-refractivity contribution in [2.45, 2.75) is 32.2 Å². The molecule has 1 aliphatic rings. The minimum Gasteiger partial charge on any atom is -0.303 e. The summed E-state index contributed by atoms with van der Waals surface area (Å²) in [6.45, 7) is 4.47. The molecule has 1 saturated heterocycles. The van der Waals surface area contributed by atoms with E-state index in [2.05, 4.69) is 16.8 Å². The number of likely N-dealkylation sites (tertiary alicyclic amines) is 1. The van der Waals surface area contributed by atoms with Crippen LogP contribution in [0.2, 0.25) is 0 Å². The van der Waals surface area contributed by atoms with Gasteiger partial charge in [-0.1, -0.05) is 6.92 Å². The van der Waals surface area contributed by atoms with E-state index < -0.39 is 0 Å². The zero-order chi connectivity index (χ0) is 10.7. The van der Waals surface area contributed by atoms with Gasteiger partial charge in [0.05, 0.1) is 6.04 Å². The highest BCUT2D eigenvalue weighted by Gasteiger charge is 2.26. The lowest BCUT2D eigenvalue weighted by molar-refractivity contribution is -0.107. The fourth-order valence-electron chi connectivity index (χ4n) is 2.14. The van der Waals surface area contributed by atoms with Gasteiger partial charge in [-0.25, -0.2) is 4.98 Å². The highest BCUT2D eigenvalue weighted by atomic mass is 32.1. The van der Waals surface area contributed by atoms with Crippen molar-refractivity contribution in [1.29, 1.82) is 0 Å². The molecule has 0 bridgehead atoms. The zero-order valence-corrected chi connectivity index (χ0v) is 9.80. The molecule has 0 N–H and O–H groups in total. The molecule has 0 radical (unpaired) electrons. The molecule has 0 aromatic carbocycles. The number of carbonyl (C=O) groups is 1. The Bertz CT molecular complexity index is 337. The number of nitrogens with zero attached hydrogens (tertiary/aromatic N) is 2. The molecule has 0 spiro atoms. The average molecular weight is 224 g/mol. The maximum absolute atomic E-state index is 10.4. The second kappa shape index (κ2) is 4.86. The van der Waals surface area contributed by atoms with Gasteiger partial charge >= 0.3 is 0 Å². The van der Waals surface area contributed by atoms with Gasteiger partial charge in [0.2, 0.25) is 0 Å². The van der Waals surface area contributed by atoms with Gasteiger partial charge in [0.25, 0.3) is 0 Å². The van der Waals surface area contributed by atoms with Gasteiger partial charge in [0.15, 0.2) is 0 Å². The molecular weight excluding hydrogens is 208 g/mol. The van der Waals surface area contributed by atoms with Crippen LogP contribution in [-0.2, 0) is 11.2 Å². The van der Waals surface area contributed by atoms with Crippen molar-refractivity contribution in [1.82, 2.24) is 9.88 Å². The quantitative estimate of drug-likeness (QED) is 0.734. The molecule has 1 aromatic rings. The number of thiazole rings is 1. The van der Waals surface area contributed by atoms with Crippen molar-refractivity contribution in [3.8, 4) is 0 Å². The average Bonchev–Trinajstić information content (AvgIpc) is 2.84. The fourth-order valence-corrected chi connectivity index (χ4v) is 3.17. The third kappa shape index (κ3) is 2.26. The minimum atomic E-state index is 0.500. The number of hydrogen-bond acceptors (Lipinski definition) is 4. The van der Waals surface area contributed by atoms with Crippen molar-refractivity contribution in [2.24, 2.45) is 0 Å². The maximum Gasteiger partial charge on any atom is 0.125 e. The molecule has 82 valence electrons. The number of rotatable bonds is 4. The molecule has 15 heavy (non-hydrogen) atoms. The second-order valence-electron chi connectivity index (χ2n) is 3.82. The first-order chi connectivity index (χ1) is 7.35. The van der Waals surface area contributed by atoms with Crippen molar-refractivity contribution in [2.75, 3.05) is 13.1 Å². The number of carbonyl (C=O) groups excluding carboxylic acids is 1. The van der Waals surface area contributed by atoms with Crippen molar-refractivity contribution in [3.05, 3.63) is 16.1 Å². The summed E-state index contributed by atoms with van der Waals surface area (Å²) >= 11 is 1.69. The van der Waals surface area contributed by atoms with E-state index in [1.165, 1.54) is 24.4 Å². The summed E-state index contributed by atoms with van der Waals surface area (Å²) in [5.41, 5.74) is 0. The van der Waals surface area contributed by atoms with Crippen LogP contribution in [0.1, 0.15) is 35.7 Å². The third-order valence-electron chi connectivity index (χ3n) is 2.91. The van der Waals surface area contributed by atoms with Gasteiger partial charge in [0.1, 0.15) is 11.3 Å². The van der Waals surface area contributed by atoms with Gasteiger partial charge in [-0.3, -0.25) is 4.90 Å². The third-order valence-corrected chi connectivity index (χ3v) is 4.03. The van der Waals surface area contributed by atoms with Crippen molar-refractivity contribution < 1.29 is 4.79 Å². The Morgan fingerprint density at radius 3 is 3.33 bits per heavy atom. The Hall–Kier alpha value is -0.740. The van der Waals surface area contributed by atoms with Crippen molar-refractivity contribution >= 4 is 17.6 Å². The molecule has 2 rings (SSSR count). The van der Waals surface area contributed by atoms with Crippen LogP contribution in [0, 0.1) is 0 Å². The van der Waals surface area contributed by atoms with Gasteiger partial charge in [-0.05, 0) is 25.9 Å². The molecule has 1 unspecified atom stereocenters. The molecule has 2 heterocycles. The molecule has 1 fully saturated rings. The first kappa shape index (κ1) is 10.8. The van der Waals surface area contributed by atoms with Crippen LogP contribution in [-0.4, -0.2) is 29.3 Å². The lowest BCUT2D eigenvalue weighted by Crippen LogP contribution is -2.22. The second-order valence-corrected chi connectivity index (χ2v) is 4.97. The Kier molecular flexibility index (Phi) is 3.49. The molecule has 0 aliphatic carbocycles. The van der Waals surface area contributed by atoms with Gasteiger partial charge < -0.3 is 4.79 Å². The summed E-state index contributed by atoms with van der Waals surface area (Å²) in [7, 11) is 0. The smallest absolute Gasteiger partial charge is 0.125 e. The van der Waals surface area contributed by atoms with E-state index in [1.54, 1.807) is 11.3 Å². The van der Waals surface area contributed by atoms with E-state index in [-0.39, 0.29) is 0 Å². The number of aromatic nitrogens is 1. The zero-order valence-electron chi connectivity index (χ0n) is 8.98. The van der Waals surface area contributed by atoms with Crippen LogP contribution in [0.4, 0.5) is 0 Å². The Labute approximate surface area is 94.1 Å². The molecule has 1 atom stereocenters. The van der Waals surface area contributed by atoms with E-state index in [1.807, 2.05) is 6.20 Å². The van der Waals surface area contributed by atoms with Crippen molar-refractivity contribution in [3.63, 3.8) is 0 Å².